The molecule has 1 aliphatic heterocycles. The van der Waals surface area contributed by atoms with Gasteiger partial charge in [-0.25, -0.2) is 0 Å². The van der Waals surface area contributed by atoms with Gasteiger partial charge in [0.05, 0.1) is 4.88 Å². The van der Waals surface area contributed by atoms with E-state index in [0.717, 1.165) is 37.0 Å². The lowest BCUT2D eigenvalue weighted by Gasteiger charge is -2.26. The number of hydrogen-bond donors (Lipinski definition) is 2. The minimum absolute atomic E-state index is 0. The summed E-state index contributed by atoms with van der Waals surface area (Å²) in [7, 11) is 0. The summed E-state index contributed by atoms with van der Waals surface area (Å²) in [6.07, 6.45) is 7.15. The number of carbonyl (C=O) groups is 1. The minimum atomic E-state index is 0. The number of hydrogen-bond acceptors (Lipinski definition) is 4. The van der Waals surface area contributed by atoms with Crippen LogP contribution in [0.25, 0.3) is 0 Å². The Bertz CT molecular complexity index is 540. The molecule has 2 heterocycles. The smallest absolute Gasteiger partial charge is 0.261 e. The van der Waals surface area contributed by atoms with Crippen molar-refractivity contribution >= 4 is 29.7 Å². The van der Waals surface area contributed by atoms with Gasteiger partial charge in [-0.3, -0.25) is 4.79 Å². The number of halogens is 1. The maximum atomic E-state index is 12.3. The fourth-order valence-corrected chi connectivity index (χ4v) is 4.26. The zero-order valence-corrected chi connectivity index (χ0v) is 14.9. The second kappa shape index (κ2) is 7.51. The number of thiophene rings is 1. The monoisotopic (exact) mass is 356 g/mol. The molecule has 1 amide bonds. The molecule has 0 aromatic carbocycles. The molecule has 6 heteroatoms. The Morgan fingerprint density at radius 1 is 1.17 bits per heavy atom. The van der Waals surface area contributed by atoms with Gasteiger partial charge in [0.25, 0.3) is 5.91 Å². The highest BCUT2D eigenvalue weighted by Crippen LogP contribution is 2.43. The highest BCUT2D eigenvalue weighted by molar-refractivity contribution is 7.12. The summed E-state index contributed by atoms with van der Waals surface area (Å²) >= 11 is 1.58. The van der Waals surface area contributed by atoms with Gasteiger partial charge in [0.15, 0.2) is 0 Å². The summed E-state index contributed by atoms with van der Waals surface area (Å²) in [5.41, 5.74) is 1.35. The van der Waals surface area contributed by atoms with Crippen LogP contribution in [0.1, 0.15) is 59.7 Å². The largest absolute Gasteiger partial charge is 0.381 e. The number of rotatable bonds is 5. The van der Waals surface area contributed by atoms with Crippen LogP contribution >= 0.6 is 23.7 Å². The van der Waals surface area contributed by atoms with Crippen LogP contribution in [-0.4, -0.2) is 37.2 Å². The first-order valence-electron chi connectivity index (χ1n) is 8.52. The Hall–Kier alpha value is -0.620. The molecule has 4 nitrogen and oxygen atoms in total. The third kappa shape index (κ3) is 4.08. The summed E-state index contributed by atoms with van der Waals surface area (Å²) in [5, 5.41) is 9.05. The van der Waals surface area contributed by atoms with Gasteiger partial charge in [-0.1, -0.05) is 6.42 Å². The summed E-state index contributed by atoms with van der Waals surface area (Å²) in [6.45, 7) is 1.52. The van der Waals surface area contributed by atoms with Gasteiger partial charge < -0.3 is 15.4 Å². The van der Waals surface area contributed by atoms with Crippen molar-refractivity contribution < 1.29 is 9.53 Å². The first kappa shape index (κ1) is 17.2. The van der Waals surface area contributed by atoms with E-state index in [-0.39, 0.29) is 24.4 Å². The van der Waals surface area contributed by atoms with Gasteiger partial charge in [0, 0.05) is 37.3 Å². The molecule has 0 radical (unpaired) electrons. The summed E-state index contributed by atoms with van der Waals surface area (Å²) in [5.74, 6) is 0.716. The van der Waals surface area contributed by atoms with Crippen molar-refractivity contribution in [3.05, 3.63) is 21.9 Å². The molecule has 2 atom stereocenters. The summed E-state index contributed by atoms with van der Waals surface area (Å²) in [6, 6.07) is 3.78. The van der Waals surface area contributed by atoms with Crippen LogP contribution in [0.15, 0.2) is 11.4 Å². The third-order valence-electron chi connectivity index (χ3n) is 5.17. The summed E-state index contributed by atoms with van der Waals surface area (Å²) < 4.78 is 5.33. The average Bonchev–Trinajstić information content (AvgIpc) is 3.08. The Balaban J connectivity index is 0.00000156. The second-order valence-corrected chi connectivity index (χ2v) is 7.76. The number of nitrogens with one attached hydrogen (secondary N) is 2. The van der Waals surface area contributed by atoms with Gasteiger partial charge in [-0.15, -0.1) is 23.7 Å². The van der Waals surface area contributed by atoms with Crippen molar-refractivity contribution in [3.8, 4) is 0 Å². The first-order valence-corrected chi connectivity index (χ1v) is 9.40. The highest BCUT2D eigenvalue weighted by atomic mass is 35.5. The lowest BCUT2D eigenvalue weighted by Crippen LogP contribution is -2.38. The molecule has 3 aliphatic rings. The van der Waals surface area contributed by atoms with Crippen LogP contribution in [0.3, 0.4) is 0 Å². The normalized spacial score (nSPS) is 27.8. The molecule has 23 heavy (non-hydrogen) atoms. The predicted octanol–water partition coefficient (Wildman–Crippen LogP) is 3.08. The zero-order chi connectivity index (χ0) is 14.9. The van der Waals surface area contributed by atoms with Gasteiger partial charge in [0.1, 0.15) is 0 Å². The Morgan fingerprint density at radius 3 is 2.65 bits per heavy atom. The van der Waals surface area contributed by atoms with Crippen LogP contribution in [-0.2, 0) is 4.74 Å². The molecule has 1 saturated heterocycles. The molecule has 1 aromatic rings. The Morgan fingerprint density at radius 2 is 1.96 bits per heavy atom. The Labute approximate surface area is 147 Å². The average molecular weight is 357 g/mol. The van der Waals surface area contributed by atoms with Gasteiger partial charge >= 0.3 is 0 Å². The van der Waals surface area contributed by atoms with E-state index < -0.39 is 0 Å². The highest BCUT2D eigenvalue weighted by Gasteiger charge is 2.40. The summed E-state index contributed by atoms with van der Waals surface area (Å²) in [4.78, 5) is 13.2. The van der Waals surface area contributed by atoms with Crippen molar-refractivity contribution in [1.29, 1.82) is 0 Å². The van der Waals surface area contributed by atoms with E-state index in [4.69, 9.17) is 4.74 Å². The number of ether oxygens (including phenoxy) is 1. The maximum Gasteiger partial charge on any atom is 0.261 e. The molecule has 0 unspecified atom stereocenters. The van der Waals surface area contributed by atoms with Crippen LogP contribution in [0.4, 0.5) is 0 Å². The van der Waals surface area contributed by atoms with E-state index in [0.29, 0.717) is 12.0 Å². The fraction of sp³-hybridized carbons (Fsp3) is 0.706. The minimum Gasteiger partial charge on any atom is -0.381 e. The quantitative estimate of drug-likeness (QED) is 0.852. The first-order chi connectivity index (χ1) is 10.8. The van der Waals surface area contributed by atoms with E-state index in [1.54, 1.807) is 11.3 Å². The molecule has 2 N–H and O–H groups in total. The third-order valence-corrected chi connectivity index (χ3v) is 6.12. The second-order valence-electron chi connectivity index (χ2n) is 6.85. The lowest BCUT2D eigenvalue weighted by molar-refractivity contribution is 0.0698. The molecule has 3 fully saturated rings. The van der Waals surface area contributed by atoms with Crippen LogP contribution in [0, 0.1) is 0 Å². The van der Waals surface area contributed by atoms with Crippen molar-refractivity contribution in [1.82, 2.24) is 10.6 Å². The zero-order valence-electron chi connectivity index (χ0n) is 13.3. The standard InChI is InChI=1S/C17H24N2O2S.ClH/c20-17(19-13-4-6-21-7-5-13)16-8-11(10-22-16)14-9-15(14)18-12-2-1-3-12;/h8,10,12-15,18H,1-7,9H2,(H,19,20);1H/t14-,15+;/m0./s1. The molecule has 2 saturated carbocycles. The van der Waals surface area contributed by atoms with Crippen LogP contribution in [0.2, 0.25) is 0 Å². The van der Waals surface area contributed by atoms with Crippen molar-refractivity contribution in [3.63, 3.8) is 0 Å². The fourth-order valence-electron chi connectivity index (χ4n) is 3.39. The van der Waals surface area contributed by atoms with Crippen LogP contribution in [0.5, 0.6) is 0 Å². The van der Waals surface area contributed by atoms with Crippen molar-refractivity contribution in [2.24, 2.45) is 0 Å². The molecule has 0 spiro atoms. The predicted molar refractivity (Wildman–Crippen MR) is 94.8 cm³/mol. The molecular weight excluding hydrogens is 332 g/mol. The van der Waals surface area contributed by atoms with E-state index in [1.165, 1.54) is 31.2 Å². The van der Waals surface area contributed by atoms with Crippen molar-refractivity contribution in [2.45, 2.75) is 62.6 Å². The van der Waals surface area contributed by atoms with E-state index >= 15 is 0 Å². The van der Waals surface area contributed by atoms with Crippen molar-refractivity contribution in [2.75, 3.05) is 13.2 Å². The maximum absolute atomic E-state index is 12.3. The van der Waals surface area contributed by atoms with E-state index in [2.05, 4.69) is 22.1 Å². The van der Waals surface area contributed by atoms with E-state index in [1.807, 2.05) is 0 Å². The number of amides is 1. The molecule has 2 aliphatic carbocycles. The molecule has 1 aromatic heterocycles. The lowest BCUT2D eigenvalue weighted by atomic mass is 9.93. The number of carbonyl (C=O) groups excluding carboxylic acids is 1. The van der Waals surface area contributed by atoms with Crippen LogP contribution < -0.4 is 10.6 Å². The van der Waals surface area contributed by atoms with Gasteiger partial charge in [-0.05, 0) is 49.1 Å². The molecule has 4 rings (SSSR count). The molecule has 128 valence electrons. The van der Waals surface area contributed by atoms with Gasteiger partial charge in [0.2, 0.25) is 0 Å². The topological polar surface area (TPSA) is 50.4 Å². The molecular formula is C17H25ClN2O2S. The Kier molecular flexibility index (Phi) is 5.62. The van der Waals surface area contributed by atoms with E-state index in [9.17, 15) is 4.79 Å². The van der Waals surface area contributed by atoms with Gasteiger partial charge in [-0.2, -0.15) is 0 Å². The SMILES string of the molecule is Cl.O=C(NC1CCOCC1)c1cc([C@@H]2C[C@H]2NC2CCC2)cs1. The molecule has 0 bridgehead atoms.